The third-order valence-corrected chi connectivity index (χ3v) is 11.5. The molecular weight excluding hydrogens is 495 g/mol. The quantitative estimate of drug-likeness (QED) is 0.425. The number of alkyl halides is 3. The average molecular weight is 536 g/mol. The maximum Gasteiger partial charge on any atom is 0.573 e. The van der Waals surface area contributed by atoms with Gasteiger partial charge in [0.1, 0.15) is 5.75 Å². The van der Waals surface area contributed by atoms with Crippen LogP contribution in [0.2, 0.25) is 0 Å². The van der Waals surface area contributed by atoms with Gasteiger partial charge in [-0.15, -0.1) is 18.7 Å². The van der Waals surface area contributed by atoms with Crippen LogP contribution in [0.15, 0.2) is 18.2 Å². The number of ether oxygens (including phenoxy) is 1. The van der Waals surface area contributed by atoms with E-state index in [-0.39, 0.29) is 34.8 Å². The zero-order valence-electron chi connectivity index (χ0n) is 22.5. The first-order valence-electron chi connectivity index (χ1n) is 14.2. The summed E-state index contributed by atoms with van der Waals surface area (Å²) in [5, 5.41) is 12.3. The third-order valence-electron chi connectivity index (χ3n) is 11.5. The van der Waals surface area contributed by atoms with E-state index in [1.165, 1.54) is 31.0 Å². The molecular formula is C29H40F3N3O3. The van der Waals surface area contributed by atoms with Crippen molar-refractivity contribution in [2.24, 2.45) is 40.4 Å². The van der Waals surface area contributed by atoms with E-state index in [4.69, 9.17) is 0 Å². The summed E-state index contributed by atoms with van der Waals surface area (Å²) in [6, 6.07) is 4.09. The second-order valence-corrected chi connectivity index (χ2v) is 13.5. The van der Waals surface area contributed by atoms with Gasteiger partial charge in [0.05, 0.1) is 23.5 Å². The van der Waals surface area contributed by atoms with Crippen molar-refractivity contribution < 1.29 is 27.8 Å². The lowest BCUT2D eigenvalue weighted by Gasteiger charge is -2.61. The molecule has 8 atom stereocenters. The molecule has 0 unspecified atom stereocenters. The van der Waals surface area contributed by atoms with Crippen LogP contribution in [0.25, 0.3) is 0 Å². The molecule has 0 aromatic heterocycles. The Labute approximate surface area is 222 Å². The maximum absolute atomic E-state index is 13.8. The monoisotopic (exact) mass is 535 g/mol. The van der Waals surface area contributed by atoms with Gasteiger partial charge in [-0.05, 0) is 111 Å². The van der Waals surface area contributed by atoms with Gasteiger partial charge in [0, 0.05) is 12.0 Å². The highest BCUT2D eigenvalue weighted by Gasteiger charge is 2.61. The number of fused-ring (bicyclic) bond motifs is 6. The summed E-state index contributed by atoms with van der Waals surface area (Å²) in [7, 11) is 0. The molecule has 6 nitrogen and oxygen atoms in total. The highest BCUT2D eigenvalue weighted by molar-refractivity contribution is 5.89. The molecule has 210 valence electrons. The summed E-state index contributed by atoms with van der Waals surface area (Å²) < 4.78 is 42.3. The highest BCUT2D eigenvalue weighted by atomic mass is 19.4. The number of Topliss-reactive ketones (excluding diaryl/α,β-unsaturated/α-hetero) is 1. The van der Waals surface area contributed by atoms with Crippen LogP contribution in [0.3, 0.4) is 0 Å². The number of nitrogens with zero attached hydrogens (tertiary/aromatic N) is 1. The van der Waals surface area contributed by atoms with Crippen LogP contribution >= 0.6 is 0 Å². The number of hydrogen-bond donors (Lipinski definition) is 3. The van der Waals surface area contributed by atoms with E-state index in [9.17, 15) is 23.1 Å². The van der Waals surface area contributed by atoms with Gasteiger partial charge in [-0.3, -0.25) is 9.80 Å². The molecule has 1 aliphatic heterocycles. The van der Waals surface area contributed by atoms with E-state index in [1.54, 1.807) is 5.01 Å². The summed E-state index contributed by atoms with van der Waals surface area (Å²) in [5.41, 5.74) is 6.67. The third kappa shape index (κ3) is 4.28. The lowest BCUT2D eigenvalue weighted by Crippen LogP contribution is -2.56. The second-order valence-electron chi connectivity index (χ2n) is 13.5. The summed E-state index contributed by atoms with van der Waals surface area (Å²) in [5.74, 6) is 2.18. The molecule has 4 aliphatic carbocycles. The largest absolute Gasteiger partial charge is 0.573 e. The number of hydrazine groups is 2. The average Bonchev–Trinajstić information content (AvgIpc) is 3.38. The lowest BCUT2D eigenvalue weighted by molar-refractivity contribution is -0.274. The Balaban J connectivity index is 1.16. The first-order valence-corrected chi connectivity index (χ1v) is 14.2. The summed E-state index contributed by atoms with van der Waals surface area (Å²) in [6.45, 7) is 6.88. The number of aliphatic hydroxyl groups is 1. The zero-order chi connectivity index (χ0) is 27.1. The number of hydrogen-bond acceptors (Lipinski definition) is 6. The number of rotatable bonds is 4. The summed E-state index contributed by atoms with van der Waals surface area (Å²) in [4.78, 5) is 13.8. The first-order chi connectivity index (χ1) is 17.8. The zero-order valence-corrected chi connectivity index (χ0v) is 22.5. The molecule has 3 N–H and O–H groups in total. The van der Waals surface area contributed by atoms with E-state index >= 15 is 0 Å². The van der Waals surface area contributed by atoms with Crippen LogP contribution in [0.5, 0.6) is 5.75 Å². The molecule has 38 heavy (non-hydrogen) atoms. The van der Waals surface area contributed by atoms with Crippen molar-refractivity contribution in [3.63, 3.8) is 0 Å². The highest BCUT2D eigenvalue weighted by Crippen LogP contribution is 2.68. The molecule has 1 heterocycles. The Morgan fingerprint density at radius 3 is 2.58 bits per heavy atom. The molecule has 0 saturated heterocycles. The predicted octanol–water partition coefficient (Wildman–Crippen LogP) is 6.22. The maximum atomic E-state index is 13.8. The van der Waals surface area contributed by atoms with Crippen molar-refractivity contribution in [3.8, 4) is 5.75 Å². The molecule has 5 aliphatic rings. The van der Waals surface area contributed by atoms with Crippen molar-refractivity contribution in [2.75, 3.05) is 17.0 Å². The standard InChI is InChI=1S/C29H40F3N3O3/c1-26(37)12-13-27(2)17(15-26)4-6-19-20-7-8-22(28(20,3)11-10-21(19)27)25(36)16-35-24-14-18(38-29(30,31)32)5-9-23(24)33-34-35/h5,9,14,17,19-22,33-34,37H,4,6-8,10-13,15-16H2,1-3H3/t17-,19+,20+,21+,22-,26-,27+,28+/m1/s1. The summed E-state index contributed by atoms with van der Waals surface area (Å²) in [6.07, 6.45) is 4.58. The SMILES string of the molecule is C[C@@]1(O)CC[C@@]2(C)[C@H](CC[C@@H]3[C@@H]2CC[C@]2(C)[C@@H](C(=O)CN4NNc5ccc(OC(F)(F)F)cc54)CC[C@@H]32)C1. The van der Waals surface area contributed by atoms with Crippen LogP contribution in [0, 0.1) is 40.4 Å². The van der Waals surface area contributed by atoms with Gasteiger partial charge >= 0.3 is 6.36 Å². The van der Waals surface area contributed by atoms with Crippen molar-refractivity contribution >= 4 is 17.2 Å². The van der Waals surface area contributed by atoms with E-state index in [1.807, 2.05) is 6.92 Å². The fraction of sp³-hybridized carbons (Fsp3) is 0.759. The van der Waals surface area contributed by atoms with Gasteiger partial charge in [0.25, 0.3) is 0 Å². The van der Waals surface area contributed by atoms with Crippen molar-refractivity contribution in [2.45, 2.75) is 90.5 Å². The van der Waals surface area contributed by atoms with Gasteiger partial charge in [-0.25, -0.2) is 0 Å². The number of benzene rings is 1. The van der Waals surface area contributed by atoms with E-state index in [0.29, 0.717) is 35.0 Å². The Hall–Kier alpha value is -2.00. The Morgan fingerprint density at radius 1 is 1.05 bits per heavy atom. The lowest BCUT2D eigenvalue weighted by atomic mass is 9.44. The van der Waals surface area contributed by atoms with Gasteiger partial charge in [0.15, 0.2) is 5.78 Å². The van der Waals surface area contributed by atoms with E-state index in [0.717, 1.165) is 44.9 Å². The van der Waals surface area contributed by atoms with E-state index < -0.39 is 12.0 Å². The van der Waals surface area contributed by atoms with Gasteiger partial charge in [-0.1, -0.05) is 13.8 Å². The number of carbonyl (C=O) groups is 1. The van der Waals surface area contributed by atoms with Gasteiger partial charge in [-0.2, -0.15) is 0 Å². The van der Waals surface area contributed by atoms with Gasteiger partial charge < -0.3 is 15.3 Å². The number of nitrogens with one attached hydrogen (secondary N) is 2. The minimum Gasteiger partial charge on any atom is -0.406 e. The van der Waals surface area contributed by atoms with Crippen LogP contribution in [0.4, 0.5) is 24.5 Å². The van der Waals surface area contributed by atoms with Crippen LogP contribution in [-0.4, -0.2) is 29.4 Å². The van der Waals surface area contributed by atoms with Crippen molar-refractivity contribution in [1.29, 1.82) is 0 Å². The predicted molar refractivity (Wildman–Crippen MR) is 138 cm³/mol. The molecule has 6 rings (SSSR count). The molecule has 0 bridgehead atoms. The molecule has 0 amide bonds. The Kier molecular flexibility index (Phi) is 6.04. The first kappa shape index (κ1) is 26.2. The van der Waals surface area contributed by atoms with Crippen molar-refractivity contribution in [1.82, 2.24) is 5.53 Å². The minimum atomic E-state index is -4.77. The fourth-order valence-electron chi connectivity index (χ4n) is 9.58. The number of anilines is 2. The Morgan fingerprint density at radius 2 is 1.82 bits per heavy atom. The minimum absolute atomic E-state index is 0.0428. The van der Waals surface area contributed by atoms with Crippen LogP contribution in [0.1, 0.15) is 78.6 Å². The van der Waals surface area contributed by atoms with E-state index in [2.05, 4.69) is 29.5 Å². The van der Waals surface area contributed by atoms with Crippen LogP contribution in [-0.2, 0) is 4.79 Å². The fourth-order valence-corrected chi connectivity index (χ4v) is 9.58. The Bertz CT molecular complexity index is 1110. The summed E-state index contributed by atoms with van der Waals surface area (Å²) >= 11 is 0. The van der Waals surface area contributed by atoms with Gasteiger partial charge in [0.2, 0.25) is 0 Å². The number of carbonyl (C=O) groups excluding carboxylic acids is 1. The molecule has 0 spiro atoms. The molecule has 1 aromatic carbocycles. The molecule has 0 radical (unpaired) electrons. The molecule has 4 saturated carbocycles. The molecule has 9 heteroatoms. The van der Waals surface area contributed by atoms with Crippen LogP contribution < -0.4 is 20.7 Å². The topological polar surface area (TPSA) is 73.8 Å². The smallest absolute Gasteiger partial charge is 0.406 e. The molecule has 4 fully saturated rings. The number of halogens is 3. The van der Waals surface area contributed by atoms with Crippen molar-refractivity contribution in [3.05, 3.63) is 18.2 Å². The molecule has 1 aromatic rings. The normalized spacial score (nSPS) is 42.0. The number of ketones is 1. The second kappa shape index (κ2) is 8.75.